The molecule has 30 heavy (non-hydrogen) atoms. The number of nitrogens with zero attached hydrogens (tertiary/aromatic N) is 3. The number of benzene rings is 1. The van der Waals surface area contributed by atoms with Crippen LogP contribution in [0.3, 0.4) is 0 Å². The molecule has 0 saturated carbocycles. The number of rotatable bonds is 7. The number of aliphatic hydroxyl groups excluding tert-OH is 1. The molecule has 0 bridgehead atoms. The Bertz CT molecular complexity index is 853. The van der Waals surface area contributed by atoms with Crippen LogP contribution in [-0.2, 0) is 10.5 Å². The van der Waals surface area contributed by atoms with Gasteiger partial charge in [-0.15, -0.1) is 0 Å². The Hall–Kier alpha value is -2.44. The van der Waals surface area contributed by atoms with E-state index in [2.05, 4.69) is 25.5 Å². The third-order valence-corrected chi connectivity index (χ3v) is 5.16. The van der Waals surface area contributed by atoms with E-state index in [0.717, 1.165) is 5.56 Å². The van der Waals surface area contributed by atoms with E-state index in [1.54, 1.807) is 30.3 Å². The average Bonchev–Trinajstić information content (AvgIpc) is 2.72. The first-order valence-electron chi connectivity index (χ1n) is 9.52. The van der Waals surface area contributed by atoms with Crippen LogP contribution in [-0.4, -0.2) is 75.9 Å². The maximum absolute atomic E-state index is 11.7. The molecule has 10 nitrogen and oxygen atoms in total. The summed E-state index contributed by atoms with van der Waals surface area (Å²) in [6.07, 6.45) is 1.39. The van der Waals surface area contributed by atoms with Gasteiger partial charge in [-0.3, -0.25) is 9.11 Å². The van der Waals surface area contributed by atoms with Crippen LogP contribution < -0.4 is 15.5 Å². The molecule has 0 unspecified atom stereocenters. The number of amides is 2. The van der Waals surface area contributed by atoms with Crippen LogP contribution in [0.25, 0.3) is 11.4 Å². The van der Waals surface area contributed by atoms with Crippen molar-refractivity contribution in [3.63, 3.8) is 0 Å². The van der Waals surface area contributed by atoms with Crippen molar-refractivity contribution in [3.8, 4) is 11.4 Å². The van der Waals surface area contributed by atoms with E-state index >= 15 is 0 Å². The number of carbonyl (C=O) groups is 1. The summed E-state index contributed by atoms with van der Waals surface area (Å²) in [5.41, 5.74) is 1.87. The Morgan fingerprint density at radius 1 is 1.20 bits per heavy atom. The Labute approximate surface area is 176 Å². The molecule has 5 N–H and O–H groups in total. The molecule has 1 saturated heterocycles. The van der Waals surface area contributed by atoms with Crippen molar-refractivity contribution in [2.75, 3.05) is 55.9 Å². The van der Waals surface area contributed by atoms with E-state index in [1.807, 2.05) is 0 Å². The SMILES string of the molecule is CS(O)(O)Cc1cc(N2CCOCC2)nc(-c2ccc(NC(=O)NCCO)cc2)n1. The molecular weight excluding hydrogens is 410 g/mol. The molecule has 0 spiro atoms. The van der Waals surface area contributed by atoms with Crippen LogP contribution in [0, 0.1) is 0 Å². The van der Waals surface area contributed by atoms with Gasteiger partial charge in [0.25, 0.3) is 0 Å². The fourth-order valence-corrected chi connectivity index (χ4v) is 3.68. The lowest BCUT2D eigenvalue weighted by Gasteiger charge is -2.30. The van der Waals surface area contributed by atoms with Crippen molar-refractivity contribution in [2.24, 2.45) is 0 Å². The minimum absolute atomic E-state index is 0.0462. The smallest absolute Gasteiger partial charge is 0.319 e. The van der Waals surface area contributed by atoms with Crippen LogP contribution in [0.5, 0.6) is 0 Å². The van der Waals surface area contributed by atoms with Crippen LogP contribution in [0.15, 0.2) is 30.3 Å². The molecule has 1 aromatic carbocycles. The van der Waals surface area contributed by atoms with E-state index < -0.39 is 16.6 Å². The topological polar surface area (TPSA) is 140 Å². The van der Waals surface area contributed by atoms with E-state index in [4.69, 9.17) is 9.84 Å². The first-order valence-corrected chi connectivity index (χ1v) is 11.6. The quantitative estimate of drug-likeness (QED) is 0.443. The molecule has 2 aromatic rings. The maximum Gasteiger partial charge on any atom is 0.319 e. The minimum Gasteiger partial charge on any atom is -0.395 e. The van der Waals surface area contributed by atoms with Gasteiger partial charge in [0.15, 0.2) is 5.82 Å². The summed E-state index contributed by atoms with van der Waals surface area (Å²) in [6, 6.07) is 8.41. The molecule has 164 valence electrons. The van der Waals surface area contributed by atoms with E-state index in [1.165, 1.54) is 6.26 Å². The number of aromatic nitrogens is 2. The molecule has 1 aromatic heterocycles. The molecular formula is C19H27N5O5S. The van der Waals surface area contributed by atoms with Crippen molar-refractivity contribution in [1.82, 2.24) is 15.3 Å². The maximum atomic E-state index is 11.7. The molecule has 0 aliphatic carbocycles. The number of hydrogen-bond acceptors (Lipinski definition) is 8. The predicted octanol–water partition coefficient (Wildman–Crippen LogP) is 1.97. The molecule has 2 amide bonds. The lowest BCUT2D eigenvalue weighted by Crippen LogP contribution is -2.37. The van der Waals surface area contributed by atoms with Crippen molar-refractivity contribution in [2.45, 2.75) is 5.75 Å². The second-order valence-corrected chi connectivity index (χ2v) is 9.24. The van der Waals surface area contributed by atoms with Gasteiger partial charge in [0.1, 0.15) is 5.82 Å². The largest absolute Gasteiger partial charge is 0.395 e. The fourth-order valence-electron chi connectivity index (χ4n) is 2.97. The molecule has 3 rings (SSSR count). The molecule has 0 radical (unpaired) electrons. The highest BCUT2D eigenvalue weighted by atomic mass is 32.3. The summed E-state index contributed by atoms with van der Waals surface area (Å²) >= 11 is 0. The van der Waals surface area contributed by atoms with Crippen LogP contribution in [0.4, 0.5) is 16.3 Å². The molecule has 1 aliphatic rings. The van der Waals surface area contributed by atoms with Crippen molar-refractivity contribution in [3.05, 3.63) is 36.0 Å². The predicted molar refractivity (Wildman–Crippen MR) is 117 cm³/mol. The van der Waals surface area contributed by atoms with Gasteiger partial charge >= 0.3 is 6.03 Å². The second kappa shape index (κ2) is 10.0. The van der Waals surface area contributed by atoms with E-state index in [0.29, 0.717) is 49.3 Å². The molecule has 0 atom stereocenters. The fraction of sp³-hybridized carbons (Fsp3) is 0.421. The van der Waals surface area contributed by atoms with Gasteiger partial charge in [-0.1, -0.05) is 0 Å². The highest BCUT2D eigenvalue weighted by Gasteiger charge is 2.18. The second-order valence-electron chi connectivity index (χ2n) is 6.96. The van der Waals surface area contributed by atoms with Crippen molar-refractivity contribution < 1.29 is 23.7 Å². The number of aliphatic hydroxyl groups is 1. The zero-order chi connectivity index (χ0) is 21.6. The number of nitrogens with one attached hydrogen (secondary N) is 2. The number of urea groups is 1. The normalized spacial score (nSPS) is 15.0. The Morgan fingerprint density at radius 3 is 2.53 bits per heavy atom. The van der Waals surface area contributed by atoms with Crippen molar-refractivity contribution in [1.29, 1.82) is 0 Å². The molecule has 11 heteroatoms. The summed E-state index contributed by atoms with van der Waals surface area (Å²) in [7, 11) is -2.76. The standard InChI is InChI=1S/C19H27N5O5S/c1-30(27,28)13-16-12-17(24-7-10-29-11-8-24)23-18(21-16)14-2-4-15(5-3-14)22-19(26)20-6-9-25/h2-5,12,25,27-28H,6-11,13H2,1H3,(H2,20,22,26). The summed E-state index contributed by atoms with van der Waals surface area (Å²) in [5, 5.41) is 13.9. The Kier molecular flexibility index (Phi) is 7.45. The number of anilines is 2. The first kappa shape index (κ1) is 22.2. The van der Waals surface area contributed by atoms with Gasteiger partial charge < -0.3 is 25.4 Å². The van der Waals surface area contributed by atoms with Gasteiger partial charge in [0.05, 0.1) is 31.3 Å². The lowest BCUT2D eigenvalue weighted by atomic mass is 10.2. The van der Waals surface area contributed by atoms with E-state index in [9.17, 15) is 13.9 Å². The zero-order valence-corrected chi connectivity index (χ0v) is 17.6. The van der Waals surface area contributed by atoms with Gasteiger partial charge in [-0.25, -0.2) is 14.8 Å². The van der Waals surface area contributed by atoms with Crippen molar-refractivity contribution >= 4 is 28.1 Å². The summed E-state index contributed by atoms with van der Waals surface area (Å²) < 4.78 is 25.2. The summed E-state index contributed by atoms with van der Waals surface area (Å²) in [5.74, 6) is 1.23. The number of hydrogen-bond donors (Lipinski definition) is 5. The highest BCUT2D eigenvalue weighted by molar-refractivity contribution is 8.23. The van der Waals surface area contributed by atoms with Gasteiger partial charge in [-0.05, 0) is 24.3 Å². The average molecular weight is 438 g/mol. The molecule has 2 heterocycles. The van der Waals surface area contributed by atoms with E-state index in [-0.39, 0.29) is 18.9 Å². The summed E-state index contributed by atoms with van der Waals surface area (Å²) in [6.45, 7) is 2.65. The summed E-state index contributed by atoms with van der Waals surface area (Å²) in [4.78, 5) is 23.0. The molecule has 1 aliphatic heterocycles. The lowest BCUT2D eigenvalue weighted by molar-refractivity contribution is 0.122. The number of carbonyl (C=O) groups excluding carboxylic acids is 1. The number of ether oxygens (including phenoxy) is 1. The zero-order valence-electron chi connectivity index (χ0n) is 16.7. The monoisotopic (exact) mass is 437 g/mol. The van der Waals surface area contributed by atoms with Gasteiger partial charge in [0.2, 0.25) is 0 Å². The Balaban J connectivity index is 1.84. The number of morpholine rings is 1. The van der Waals surface area contributed by atoms with Crippen LogP contribution in [0.1, 0.15) is 5.69 Å². The Morgan fingerprint density at radius 2 is 1.90 bits per heavy atom. The molecule has 1 fully saturated rings. The highest BCUT2D eigenvalue weighted by Crippen LogP contribution is 2.38. The third kappa shape index (κ3) is 6.54. The minimum atomic E-state index is -2.76. The van der Waals surface area contributed by atoms with Gasteiger partial charge in [-0.2, -0.15) is 10.6 Å². The first-order chi connectivity index (χ1) is 14.3. The van der Waals surface area contributed by atoms with Gasteiger partial charge in [0, 0.05) is 43.2 Å². The third-order valence-electron chi connectivity index (χ3n) is 4.32. The van der Waals surface area contributed by atoms with Crippen LogP contribution >= 0.6 is 10.6 Å². The van der Waals surface area contributed by atoms with Crippen LogP contribution in [0.2, 0.25) is 0 Å².